The second-order valence-corrected chi connectivity index (χ2v) is 5.04. The van der Waals surface area contributed by atoms with Gasteiger partial charge in [0.1, 0.15) is 25.1 Å². The van der Waals surface area contributed by atoms with Gasteiger partial charge in [0.15, 0.2) is 0 Å². The number of carbonyl (C=O) groups is 5. The maximum absolute atomic E-state index is 11.3. The lowest BCUT2D eigenvalue weighted by molar-refractivity contribution is -0.120. The quantitative estimate of drug-likeness (QED) is 0.313. The molecule has 0 spiro atoms. The molecule has 2 unspecified atom stereocenters. The lowest BCUT2D eigenvalue weighted by Gasteiger charge is -2.22. The summed E-state index contributed by atoms with van der Waals surface area (Å²) < 4.78 is 0. The highest BCUT2D eigenvalue weighted by Gasteiger charge is 2.20. The van der Waals surface area contributed by atoms with E-state index in [0.717, 1.165) is 18.9 Å². The molecular weight excluding hydrogens is 286 g/mol. The fraction of sp³-hybridized carbons (Fsp3) is 0.562. The number of allylic oxidation sites excluding steroid dienone is 2. The van der Waals surface area contributed by atoms with Crippen LogP contribution in [0.5, 0.6) is 0 Å². The molecule has 0 fully saturated rings. The molecule has 1 amide bonds. The summed E-state index contributed by atoms with van der Waals surface area (Å²) in [7, 11) is 0. The first-order valence-corrected chi connectivity index (χ1v) is 7.32. The smallest absolute Gasteiger partial charge is 0.217 e. The van der Waals surface area contributed by atoms with Crippen LogP contribution in [-0.2, 0) is 24.0 Å². The highest BCUT2D eigenvalue weighted by molar-refractivity contribution is 5.75. The van der Waals surface area contributed by atoms with E-state index >= 15 is 0 Å². The molecule has 0 aliphatic carbocycles. The van der Waals surface area contributed by atoms with Gasteiger partial charge < -0.3 is 19.7 Å². The van der Waals surface area contributed by atoms with Crippen molar-refractivity contribution in [1.29, 1.82) is 0 Å². The normalized spacial score (nSPS) is 13.8. The Kier molecular flexibility index (Phi) is 11.4. The van der Waals surface area contributed by atoms with Crippen molar-refractivity contribution in [3.63, 3.8) is 0 Å². The van der Waals surface area contributed by atoms with Crippen LogP contribution in [-0.4, -0.2) is 37.1 Å². The summed E-state index contributed by atoms with van der Waals surface area (Å²) in [5.41, 5.74) is 0.466. The van der Waals surface area contributed by atoms with Crippen molar-refractivity contribution in [3.8, 4) is 0 Å². The Morgan fingerprint density at radius 3 is 2.27 bits per heavy atom. The zero-order chi connectivity index (χ0) is 16.8. The van der Waals surface area contributed by atoms with Crippen LogP contribution in [0.1, 0.15) is 45.4 Å². The van der Waals surface area contributed by atoms with Gasteiger partial charge in [0.25, 0.3) is 0 Å². The predicted octanol–water partition coefficient (Wildman–Crippen LogP) is 1.17. The van der Waals surface area contributed by atoms with E-state index in [1.807, 2.05) is 0 Å². The number of nitrogens with one attached hydrogen (secondary N) is 1. The Morgan fingerprint density at radius 2 is 1.77 bits per heavy atom. The Morgan fingerprint density at radius 1 is 1.09 bits per heavy atom. The fourth-order valence-corrected chi connectivity index (χ4v) is 2.11. The highest BCUT2D eigenvalue weighted by Crippen LogP contribution is 2.15. The second kappa shape index (κ2) is 12.6. The third-order valence-electron chi connectivity index (χ3n) is 3.27. The number of unbranched alkanes of at least 4 members (excludes halogenated alkanes) is 1. The van der Waals surface area contributed by atoms with Crippen LogP contribution in [0.4, 0.5) is 0 Å². The molecule has 0 aromatic heterocycles. The predicted molar refractivity (Wildman–Crippen MR) is 81.1 cm³/mol. The first-order chi connectivity index (χ1) is 10.6. The molecule has 0 aromatic carbocycles. The minimum atomic E-state index is -0.471. The summed E-state index contributed by atoms with van der Waals surface area (Å²) >= 11 is 0. The summed E-state index contributed by atoms with van der Waals surface area (Å²) in [6.45, 7) is 1.37. The molecule has 6 heteroatoms. The number of hydrogen-bond acceptors (Lipinski definition) is 5. The highest BCUT2D eigenvalue weighted by atomic mass is 16.1. The van der Waals surface area contributed by atoms with Gasteiger partial charge in [-0.15, -0.1) is 0 Å². The van der Waals surface area contributed by atoms with Crippen molar-refractivity contribution in [2.45, 2.75) is 51.5 Å². The molecule has 0 aromatic rings. The van der Waals surface area contributed by atoms with Crippen LogP contribution in [0.15, 0.2) is 11.6 Å². The molecule has 2 atom stereocenters. The molecule has 122 valence electrons. The van der Waals surface area contributed by atoms with Gasteiger partial charge in [-0.2, -0.15) is 0 Å². The molecule has 6 nitrogen and oxygen atoms in total. The van der Waals surface area contributed by atoms with Crippen molar-refractivity contribution in [2.75, 3.05) is 0 Å². The van der Waals surface area contributed by atoms with Gasteiger partial charge in [-0.1, -0.05) is 6.08 Å². The zero-order valence-corrected chi connectivity index (χ0v) is 12.8. The van der Waals surface area contributed by atoms with Crippen LogP contribution in [0.25, 0.3) is 0 Å². The number of carbonyl (C=O) groups excluding carboxylic acids is 5. The molecule has 0 saturated heterocycles. The van der Waals surface area contributed by atoms with Crippen molar-refractivity contribution in [3.05, 3.63) is 11.6 Å². The van der Waals surface area contributed by atoms with Crippen molar-refractivity contribution >= 4 is 31.1 Å². The van der Waals surface area contributed by atoms with Crippen LogP contribution >= 0.6 is 0 Å². The summed E-state index contributed by atoms with van der Waals surface area (Å²) in [6.07, 6.45) is 6.95. The van der Waals surface area contributed by atoms with Crippen molar-refractivity contribution in [1.82, 2.24) is 5.32 Å². The fourth-order valence-electron chi connectivity index (χ4n) is 2.11. The minimum Gasteiger partial charge on any atom is -0.353 e. The van der Waals surface area contributed by atoms with E-state index in [0.29, 0.717) is 44.0 Å². The lowest BCUT2D eigenvalue weighted by Crippen LogP contribution is -2.39. The number of rotatable bonds is 13. The van der Waals surface area contributed by atoms with Gasteiger partial charge >= 0.3 is 0 Å². The van der Waals surface area contributed by atoms with E-state index in [1.54, 1.807) is 6.08 Å². The van der Waals surface area contributed by atoms with E-state index in [9.17, 15) is 24.0 Å². The number of hydrogen-bond donors (Lipinski definition) is 1. The van der Waals surface area contributed by atoms with Gasteiger partial charge in [-0.25, -0.2) is 0 Å². The van der Waals surface area contributed by atoms with E-state index in [-0.39, 0.29) is 18.4 Å². The molecule has 0 radical (unpaired) electrons. The van der Waals surface area contributed by atoms with Crippen LogP contribution in [0.2, 0.25) is 0 Å². The van der Waals surface area contributed by atoms with Gasteiger partial charge in [-0.3, -0.25) is 9.59 Å². The molecule has 1 N–H and O–H groups in total. The SMILES string of the molecule is CC(=O)NC(CCCC=O)C(C=O)C/C=C(\C=O)CCC=O. The van der Waals surface area contributed by atoms with E-state index < -0.39 is 5.92 Å². The topological polar surface area (TPSA) is 97.4 Å². The number of aldehydes is 4. The summed E-state index contributed by atoms with van der Waals surface area (Å²) in [4.78, 5) is 54.1. The standard InChI is InChI=1S/C16H23NO5/c1-13(22)17-16(6-2-3-9-18)15(12-21)8-7-14(11-20)5-4-10-19/h7,9-12,15-16H,2-6,8H2,1H3,(H,17,22)/b14-7-. The molecule has 22 heavy (non-hydrogen) atoms. The van der Waals surface area contributed by atoms with Crippen LogP contribution in [0, 0.1) is 5.92 Å². The molecule has 0 saturated carbocycles. The van der Waals surface area contributed by atoms with Crippen molar-refractivity contribution < 1.29 is 24.0 Å². The van der Waals surface area contributed by atoms with Gasteiger partial charge in [-0.05, 0) is 31.3 Å². The zero-order valence-electron chi connectivity index (χ0n) is 12.8. The summed E-state index contributed by atoms with van der Waals surface area (Å²) in [5.74, 6) is -0.717. The van der Waals surface area contributed by atoms with E-state index in [1.165, 1.54) is 6.92 Å². The second-order valence-electron chi connectivity index (χ2n) is 5.04. The van der Waals surface area contributed by atoms with Crippen LogP contribution < -0.4 is 5.32 Å². The lowest BCUT2D eigenvalue weighted by atomic mass is 9.92. The molecule has 0 bridgehead atoms. The van der Waals surface area contributed by atoms with Crippen molar-refractivity contribution in [2.24, 2.45) is 5.92 Å². The third-order valence-corrected chi connectivity index (χ3v) is 3.27. The average Bonchev–Trinajstić information content (AvgIpc) is 2.50. The van der Waals surface area contributed by atoms with E-state index in [4.69, 9.17) is 0 Å². The maximum Gasteiger partial charge on any atom is 0.217 e. The molecule has 0 heterocycles. The largest absolute Gasteiger partial charge is 0.353 e. The summed E-state index contributed by atoms with van der Waals surface area (Å²) in [6, 6.07) is -0.370. The maximum atomic E-state index is 11.3. The molecule has 0 rings (SSSR count). The van der Waals surface area contributed by atoms with E-state index in [2.05, 4.69) is 5.32 Å². The monoisotopic (exact) mass is 309 g/mol. The molecule has 0 aliphatic heterocycles. The summed E-state index contributed by atoms with van der Waals surface area (Å²) in [5, 5.41) is 2.71. The first-order valence-electron chi connectivity index (χ1n) is 7.32. The Balaban J connectivity index is 4.80. The average molecular weight is 309 g/mol. The van der Waals surface area contributed by atoms with Gasteiger partial charge in [0, 0.05) is 31.7 Å². The third kappa shape index (κ3) is 8.94. The first kappa shape index (κ1) is 19.9. The van der Waals surface area contributed by atoms with Gasteiger partial charge in [0.2, 0.25) is 5.91 Å². The number of amides is 1. The van der Waals surface area contributed by atoms with Crippen LogP contribution in [0.3, 0.4) is 0 Å². The Bertz CT molecular complexity index is 417. The van der Waals surface area contributed by atoms with Gasteiger partial charge in [0.05, 0.1) is 0 Å². The molecule has 0 aliphatic rings. The minimum absolute atomic E-state index is 0.247. The Hall–Kier alpha value is -2.11. The Labute approximate surface area is 130 Å². The molecular formula is C16H23NO5.